The van der Waals surface area contributed by atoms with E-state index < -0.39 is 0 Å². The summed E-state index contributed by atoms with van der Waals surface area (Å²) in [5, 5.41) is 4.51. The van der Waals surface area contributed by atoms with Crippen LogP contribution in [0, 0.1) is 0 Å². The van der Waals surface area contributed by atoms with Gasteiger partial charge in [0.1, 0.15) is 0 Å². The van der Waals surface area contributed by atoms with Crippen LogP contribution in [-0.2, 0) is 6.42 Å². The number of rotatable bonds is 3. The molecule has 0 saturated carbocycles. The monoisotopic (exact) mass is 235 g/mol. The van der Waals surface area contributed by atoms with Crippen LogP contribution < -0.4 is 5.32 Å². The van der Waals surface area contributed by atoms with E-state index in [1.54, 1.807) is 0 Å². The molecule has 88 valence electrons. The van der Waals surface area contributed by atoms with Crippen molar-refractivity contribution in [3.05, 3.63) is 35.9 Å². The van der Waals surface area contributed by atoms with Crippen LogP contribution >= 0.6 is 11.8 Å². The maximum Gasteiger partial charge on any atom is 0.0685 e. The van der Waals surface area contributed by atoms with E-state index in [0.29, 0.717) is 0 Å². The van der Waals surface area contributed by atoms with Crippen molar-refractivity contribution in [3.63, 3.8) is 0 Å². The van der Waals surface area contributed by atoms with Gasteiger partial charge < -0.3 is 5.32 Å². The molecule has 1 N–H and O–H groups in total. The minimum absolute atomic E-state index is 0.263. The normalized spacial score (nSPS) is 30.2. The lowest BCUT2D eigenvalue weighted by Gasteiger charge is -2.40. The summed E-state index contributed by atoms with van der Waals surface area (Å²) in [4.78, 5) is 0.263. The first-order chi connectivity index (χ1) is 7.74. The molecule has 1 aromatic rings. The number of hydrogen-bond donors (Lipinski definition) is 1. The van der Waals surface area contributed by atoms with Gasteiger partial charge in [-0.25, -0.2) is 0 Å². The molecule has 0 radical (unpaired) electrons. The predicted molar refractivity (Wildman–Crippen MR) is 72.8 cm³/mol. The average Bonchev–Trinajstić information content (AvgIpc) is 2.30. The Morgan fingerprint density at radius 3 is 2.75 bits per heavy atom. The Labute approximate surface area is 103 Å². The molecular formula is C14H21NS. The van der Waals surface area contributed by atoms with Gasteiger partial charge in [0.25, 0.3) is 0 Å². The van der Waals surface area contributed by atoms with E-state index in [1.807, 2.05) is 0 Å². The highest BCUT2D eigenvalue weighted by Gasteiger charge is 2.33. The van der Waals surface area contributed by atoms with Crippen molar-refractivity contribution in [3.8, 4) is 0 Å². The van der Waals surface area contributed by atoms with Crippen molar-refractivity contribution in [2.24, 2.45) is 0 Å². The summed E-state index contributed by atoms with van der Waals surface area (Å²) in [5.41, 5.74) is 1.44. The number of thioether (sulfide) groups is 1. The summed E-state index contributed by atoms with van der Waals surface area (Å²) in [5.74, 6) is 0. The lowest BCUT2D eigenvalue weighted by Crippen LogP contribution is -2.49. The number of benzene rings is 1. The van der Waals surface area contributed by atoms with E-state index in [0.717, 1.165) is 18.2 Å². The minimum atomic E-state index is 0.263. The fourth-order valence-electron chi connectivity index (χ4n) is 2.35. The zero-order valence-corrected chi connectivity index (χ0v) is 11.0. The summed E-state index contributed by atoms with van der Waals surface area (Å²) in [7, 11) is 0. The van der Waals surface area contributed by atoms with Gasteiger partial charge in [-0.1, -0.05) is 44.2 Å². The zero-order chi connectivity index (χ0) is 11.4. The molecule has 0 aliphatic carbocycles. The second-order valence-electron chi connectivity index (χ2n) is 4.65. The first-order valence-corrected chi connectivity index (χ1v) is 7.09. The fourth-order valence-corrected chi connectivity index (χ4v) is 3.96. The van der Waals surface area contributed by atoms with Gasteiger partial charge in [-0.15, -0.1) is 11.8 Å². The van der Waals surface area contributed by atoms with E-state index in [1.165, 1.54) is 18.4 Å². The highest BCUT2D eigenvalue weighted by atomic mass is 32.2. The second-order valence-corrected chi connectivity index (χ2v) is 6.48. The van der Waals surface area contributed by atoms with Crippen LogP contribution in [0.2, 0.25) is 0 Å². The molecule has 1 aliphatic rings. The maximum absolute atomic E-state index is 3.72. The predicted octanol–water partition coefficient (Wildman–Crippen LogP) is 3.45. The van der Waals surface area contributed by atoms with E-state index in [-0.39, 0.29) is 4.87 Å². The smallest absolute Gasteiger partial charge is 0.0685 e. The largest absolute Gasteiger partial charge is 0.302 e. The van der Waals surface area contributed by atoms with E-state index in [9.17, 15) is 0 Å². The van der Waals surface area contributed by atoms with Gasteiger partial charge in [-0.05, 0) is 31.4 Å². The summed E-state index contributed by atoms with van der Waals surface area (Å²) >= 11 is 2.12. The fraction of sp³-hybridized carbons (Fsp3) is 0.571. The van der Waals surface area contributed by atoms with Crippen molar-refractivity contribution in [2.45, 2.75) is 43.2 Å². The van der Waals surface area contributed by atoms with Crippen LogP contribution in [0.5, 0.6) is 0 Å². The van der Waals surface area contributed by atoms with Gasteiger partial charge in [0.2, 0.25) is 0 Å². The Balaban J connectivity index is 2.10. The molecule has 0 amide bonds. The minimum Gasteiger partial charge on any atom is -0.302 e. The van der Waals surface area contributed by atoms with Crippen LogP contribution in [-0.4, -0.2) is 16.7 Å². The molecule has 1 saturated heterocycles. The SMILES string of the molecule is CCC1(Cc2ccccc2)NCCC(C)S1. The molecule has 1 fully saturated rings. The van der Waals surface area contributed by atoms with Crippen LogP contribution in [0.3, 0.4) is 0 Å². The van der Waals surface area contributed by atoms with E-state index in [4.69, 9.17) is 0 Å². The zero-order valence-electron chi connectivity index (χ0n) is 10.2. The summed E-state index contributed by atoms with van der Waals surface area (Å²) in [6.45, 7) is 5.80. The third-order valence-electron chi connectivity index (χ3n) is 3.33. The van der Waals surface area contributed by atoms with E-state index >= 15 is 0 Å². The Morgan fingerprint density at radius 2 is 2.12 bits per heavy atom. The van der Waals surface area contributed by atoms with Gasteiger partial charge in [0.15, 0.2) is 0 Å². The first-order valence-electron chi connectivity index (χ1n) is 6.21. The molecule has 1 nitrogen and oxygen atoms in total. The maximum atomic E-state index is 3.72. The topological polar surface area (TPSA) is 12.0 Å². The highest BCUT2D eigenvalue weighted by Crippen LogP contribution is 2.37. The Bertz CT molecular complexity index is 325. The molecule has 2 unspecified atom stereocenters. The van der Waals surface area contributed by atoms with Crippen LogP contribution in [0.25, 0.3) is 0 Å². The van der Waals surface area contributed by atoms with Crippen molar-refractivity contribution < 1.29 is 0 Å². The Morgan fingerprint density at radius 1 is 1.38 bits per heavy atom. The van der Waals surface area contributed by atoms with Gasteiger partial charge >= 0.3 is 0 Å². The quantitative estimate of drug-likeness (QED) is 0.861. The molecule has 2 heteroatoms. The summed E-state index contributed by atoms with van der Waals surface area (Å²) < 4.78 is 0. The van der Waals surface area contributed by atoms with Gasteiger partial charge in [0.05, 0.1) is 4.87 Å². The average molecular weight is 235 g/mol. The van der Waals surface area contributed by atoms with Gasteiger partial charge in [0, 0.05) is 5.25 Å². The van der Waals surface area contributed by atoms with Crippen molar-refractivity contribution in [2.75, 3.05) is 6.54 Å². The van der Waals surface area contributed by atoms with Crippen molar-refractivity contribution >= 4 is 11.8 Å². The Hall–Kier alpha value is -0.470. The van der Waals surface area contributed by atoms with Crippen molar-refractivity contribution in [1.82, 2.24) is 5.32 Å². The molecule has 2 rings (SSSR count). The number of nitrogens with one attached hydrogen (secondary N) is 1. The number of hydrogen-bond acceptors (Lipinski definition) is 2. The third-order valence-corrected chi connectivity index (χ3v) is 5.00. The van der Waals surface area contributed by atoms with Crippen LogP contribution in [0.15, 0.2) is 30.3 Å². The molecule has 16 heavy (non-hydrogen) atoms. The lowest BCUT2D eigenvalue weighted by atomic mass is 10.0. The first kappa shape index (κ1) is 12.0. The van der Waals surface area contributed by atoms with Crippen LogP contribution in [0.4, 0.5) is 0 Å². The molecule has 0 bridgehead atoms. The summed E-state index contributed by atoms with van der Waals surface area (Å²) in [6.07, 6.45) is 3.62. The molecule has 0 aromatic heterocycles. The van der Waals surface area contributed by atoms with E-state index in [2.05, 4.69) is 61.3 Å². The van der Waals surface area contributed by atoms with Crippen molar-refractivity contribution in [1.29, 1.82) is 0 Å². The molecule has 1 heterocycles. The lowest BCUT2D eigenvalue weighted by molar-refractivity contribution is 0.424. The molecule has 2 atom stereocenters. The highest BCUT2D eigenvalue weighted by molar-refractivity contribution is 8.01. The van der Waals surface area contributed by atoms with Gasteiger partial charge in [-0.2, -0.15) is 0 Å². The third kappa shape index (κ3) is 2.80. The molecular weight excluding hydrogens is 214 g/mol. The standard InChI is InChI=1S/C14H21NS/c1-3-14(15-10-9-12(2)16-14)11-13-7-5-4-6-8-13/h4-8,12,15H,3,9-11H2,1-2H3. The van der Waals surface area contributed by atoms with Gasteiger partial charge in [-0.3, -0.25) is 0 Å². The Kier molecular flexibility index (Phi) is 3.93. The molecule has 1 aliphatic heterocycles. The molecule has 0 spiro atoms. The summed E-state index contributed by atoms with van der Waals surface area (Å²) in [6, 6.07) is 10.8. The second kappa shape index (κ2) is 5.24. The molecule has 1 aromatic carbocycles. The van der Waals surface area contributed by atoms with Crippen LogP contribution in [0.1, 0.15) is 32.3 Å².